The predicted octanol–water partition coefficient (Wildman–Crippen LogP) is 4.00. The Labute approximate surface area is 84.8 Å². The van der Waals surface area contributed by atoms with Gasteiger partial charge in [0.1, 0.15) is 11.6 Å². The molecule has 0 aliphatic heterocycles. The first-order chi connectivity index (χ1) is 6.68. The minimum absolute atomic E-state index is 0.337. The van der Waals surface area contributed by atoms with Crippen molar-refractivity contribution in [3.8, 4) is 11.1 Å². The lowest BCUT2D eigenvalue weighted by atomic mass is 10.1. The first kappa shape index (κ1) is 9.34. The summed E-state index contributed by atoms with van der Waals surface area (Å²) in [5.74, 6) is -0.792. The monoisotopic (exact) mass is 210 g/mol. The molecule has 3 heteroatoms. The fourth-order valence-corrected chi connectivity index (χ4v) is 2.19. The van der Waals surface area contributed by atoms with Crippen LogP contribution in [0.5, 0.6) is 0 Å². The summed E-state index contributed by atoms with van der Waals surface area (Å²) < 4.78 is 26.3. The van der Waals surface area contributed by atoms with Gasteiger partial charge in [-0.25, -0.2) is 8.78 Å². The first-order valence-electron chi connectivity index (χ1n) is 4.16. The van der Waals surface area contributed by atoms with Gasteiger partial charge in [0.2, 0.25) is 0 Å². The van der Waals surface area contributed by atoms with Crippen LogP contribution in [0.1, 0.15) is 5.56 Å². The fraction of sp³-hybridized carbons (Fsp3) is 0.0909. The van der Waals surface area contributed by atoms with Gasteiger partial charge in [-0.1, -0.05) is 0 Å². The van der Waals surface area contributed by atoms with Crippen molar-refractivity contribution in [1.82, 2.24) is 0 Å². The van der Waals surface area contributed by atoms with E-state index in [-0.39, 0.29) is 5.82 Å². The molecule has 0 N–H and O–H groups in total. The van der Waals surface area contributed by atoms with Crippen molar-refractivity contribution in [2.24, 2.45) is 0 Å². The second-order valence-electron chi connectivity index (χ2n) is 3.09. The van der Waals surface area contributed by atoms with Gasteiger partial charge in [-0.2, -0.15) is 11.3 Å². The highest BCUT2D eigenvalue weighted by molar-refractivity contribution is 7.08. The Morgan fingerprint density at radius 3 is 2.50 bits per heavy atom. The third kappa shape index (κ3) is 1.55. The number of hydrogen-bond acceptors (Lipinski definition) is 1. The molecule has 0 saturated carbocycles. The van der Waals surface area contributed by atoms with Gasteiger partial charge in [0, 0.05) is 5.56 Å². The number of halogens is 2. The Bertz CT molecular complexity index is 460. The number of rotatable bonds is 1. The van der Waals surface area contributed by atoms with Gasteiger partial charge in [0.05, 0.1) is 0 Å². The van der Waals surface area contributed by atoms with Crippen molar-refractivity contribution < 1.29 is 8.78 Å². The van der Waals surface area contributed by atoms with E-state index in [4.69, 9.17) is 0 Å². The van der Waals surface area contributed by atoms with Crippen molar-refractivity contribution in [2.45, 2.75) is 6.92 Å². The summed E-state index contributed by atoms with van der Waals surface area (Å²) in [5, 5.41) is 3.74. The molecule has 0 amide bonds. The Morgan fingerprint density at radius 1 is 1.07 bits per heavy atom. The van der Waals surface area contributed by atoms with Crippen molar-refractivity contribution in [1.29, 1.82) is 0 Å². The molecular formula is C11H8F2S. The van der Waals surface area contributed by atoms with E-state index in [0.29, 0.717) is 5.56 Å². The highest BCUT2D eigenvalue weighted by Crippen LogP contribution is 2.29. The zero-order chi connectivity index (χ0) is 10.1. The maximum atomic E-state index is 13.4. The lowest BCUT2D eigenvalue weighted by Crippen LogP contribution is -1.86. The third-order valence-electron chi connectivity index (χ3n) is 2.07. The summed E-state index contributed by atoms with van der Waals surface area (Å²) in [6.07, 6.45) is 0. The Balaban J connectivity index is 2.62. The van der Waals surface area contributed by atoms with Gasteiger partial charge in [-0.15, -0.1) is 0 Å². The predicted molar refractivity (Wildman–Crippen MR) is 54.4 cm³/mol. The smallest absolute Gasteiger partial charge is 0.131 e. The number of aryl methyl sites for hydroxylation is 1. The van der Waals surface area contributed by atoms with E-state index in [1.54, 1.807) is 0 Å². The quantitative estimate of drug-likeness (QED) is 0.667. The van der Waals surface area contributed by atoms with Crippen LogP contribution >= 0.6 is 11.3 Å². The molecule has 0 radical (unpaired) electrons. The molecule has 0 atom stereocenters. The van der Waals surface area contributed by atoms with E-state index < -0.39 is 5.82 Å². The Morgan fingerprint density at radius 2 is 1.86 bits per heavy atom. The van der Waals surface area contributed by atoms with Crippen LogP contribution in [0.15, 0.2) is 29.0 Å². The molecule has 1 heterocycles. The summed E-state index contributed by atoms with van der Waals surface area (Å²) in [7, 11) is 0. The van der Waals surface area contributed by atoms with E-state index in [1.807, 2.05) is 17.7 Å². The van der Waals surface area contributed by atoms with Crippen LogP contribution in [0.2, 0.25) is 0 Å². The third-order valence-corrected chi connectivity index (χ3v) is 2.94. The molecule has 0 unspecified atom stereocenters. The van der Waals surface area contributed by atoms with Crippen LogP contribution in [0.4, 0.5) is 8.78 Å². The summed E-state index contributed by atoms with van der Waals surface area (Å²) in [5.41, 5.74) is 2.08. The molecule has 0 fully saturated rings. The molecule has 2 aromatic rings. The van der Waals surface area contributed by atoms with Crippen molar-refractivity contribution in [3.63, 3.8) is 0 Å². The summed E-state index contributed by atoms with van der Waals surface area (Å²) in [4.78, 5) is 0. The fourth-order valence-electron chi connectivity index (χ4n) is 1.34. The maximum Gasteiger partial charge on any atom is 0.131 e. The van der Waals surface area contributed by atoms with Crippen molar-refractivity contribution in [2.75, 3.05) is 0 Å². The molecule has 1 aromatic heterocycles. The van der Waals surface area contributed by atoms with Gasteiger partial charge in [0.15, 0.2) is 0 Å². The van der Waals surface area contributed by atoms with Crippen molar-refractivity contribution in [3.05, 3.63) is 46.2 Å². The minimum Gasteiger partial charge on any atom is -0.207 e. The van der Waals surface area contributed by atoms with Gasteiger partial charge in [0.25, 0.3) is 0 Å². The molecule has 0 spiro atoms. The van der Waals surface area contributed by atoms with Gasteiger partial charge >= 0.3 is 0 Å². The van der Waals surface area contributed by atoms with E-state index in [9.17, 15) is 8.78 Å². The molecule has 72 valence electrons. The van der Waals surface area contributed by atoms with Crippen LogP contribution in [0.3, 0.4) is 0 Å². The van der Waals surface area contributed by atoms with Gasteiger partial charge in [-0.3, -0.25) is 0 Å². The van der Waals surface area contributed by atoms with Crippen molar-refractivity contribution >= 4 is 11.3 Å². The van der Waals surface area contributed by atoms with Gasteiger partial charge in [-0.05, 0) is 47.0 Å². The van der Waals surface area contributed by atoms with Crippen LogP contribution in [0, 0.1) is 18.6 Å². The maximum absolute atomic E-state index is 13.4. The average molecular weight is 210 g/mol. The topological polar surface area (TPSA) is 0 Å². The van der Waals surface area contributed by atoms with Crippen LogP contribution < -0.4 is 0 Å². The SMILES string of the molecule is Cc1cscc1-c1cc(F)ccc1F. The summed E-state index contributed by atoms with van der Waals surface area (Å²) in [6, 6.07) is 3.51. The van der Waals surface area contributed by atoms with Crippen LogP contribution in [-0.2, 0) is 0 Å². The lowest BCUT2D eigenvalue weighted by Gasteiger charge is -2.02. The van der Waals surface area contributed by atoms with Gasteiger partial charge < -0.3 is 0 Å². The van der Waals surface area contributed by atoms with Crippen LogP contribution in [-0.4, -0.2) is 0 Å². The molecule has 2 rings (SSSR count). The average Bonchev–Trinajstić information content (AvgIpc) is 2.56. The second kappa shape index (κ2) is 3.50. The minimum atomic E-state index is -0.410. The molecule has 0 nitrogen and oxygen atoms in total. The second-order valence-corrected chi connectivity index (χ2v) is 3.84. The Hall–Kier alpha value is -1.22. The van der Waals surface area contributed by atoms with E-state index in [1.165, 1.54) is 17.4 Å². The van der Waals surface area contributed by atoms with Crippen LogP contribution in [0.25, 0.3) is 11.1 Å². The summed E-state index contributed by atoms with van der Waals surface area (Å²) in [6.45, 7) is 1.89. The zero-order valence-corrected chi connectivity index (χ0v) is 8.37. The standard InChI is InChI=1S/C11H8F2S/c1-7-5-14-6-10(7)9-4-8(12)2-3-11(9)13/h2-6H,1H3. The lowest BCUT2D eigenvalue weighted by molar-refractivity contribution is 0.603. The molecule has 0 aliphatic rings. The Kier molecular flexibility index (Phi) is 2.33. The number of benzene rings is 1. The molecule has 0 aliphatic carbocycles. The van der Waals surface area contributed by atoms with E-state index in [2.05, 4.69) is 0 Å². The largest absolute Gasteiger partial charge is 0.207 e. The highest BCUT2D eigenvalue weighted by atomic mass is 32.1. The highest BCUT2D eigenvalue weighted by Gasteiger charge is 2.09. The summed E-state index contributed by atoms with van der Waals surface area (Å²) >= 11 is 1.49. The molecule has 14 heavy (non-hydrogen) atoms. The van der Waals surface area contributed by atoms with E-state index in [0.717, 1.165) is 23.3 Å². The molecule has 0 bridgehead atoms. The number of thiophene rings is 1. The molecule has 0 saturated heterocycles. The van der Waals surface area contributed by atoms with E-state index >= 15 is 0 Å². The zero-order valence-electron chi connectivity index (χ0n) is 7.55. The molecular weight excluding hydrogens is 202 g/mol. The number of hydrogen-bond donors (Lipinski definition) is 0. The first-order valence-corrected chi connectivity index (χ1v) is 5.11. The molecule has 1 aromatic carbocycles. The normalized spacial score (nSPS) is 10.5.